The summed E-state index contributed by atoms with van der Waals surface area (Å²) < 4.78 is 0. The number of anilines is 2. The van der Waals surface area contributed by atoms with Crippen molar-refractivity contribution < 1.29 is 21.1 Å². The Bertz CT molecular complexity index is 579. The number of hydrogen-bond donors (Lipinski definition) is 0. The maximum Gasteiger partial charge on any atom is 0.402 e. The fraction of sp³-hybridized carbons (Fsp3) is 0.143. The van der Waals surface area contributed by atoms with Gasteiger partial charge in [0.1, 0.15) is 11.6 Å². The maximum atomic E-state index is 4.41. The van der Waals surface area contributed by atoms with Crippen molar-refractivity contribution in [3.05, 3.63) is 60.2 Å². The molecule has 0 saturated carbocycles. The number of hydrogen-bond acceptors (Lipinski definition) is 4. The molecule has 3 rings (SSSR count). The van der Waals surface area contributed by atoms with Crippen LogP contribution >= 0.6 is 0 Å². The van der Waals surface area contributed by atoms with Gasteiger partial charge >= 0.3 is 7.55 Å². The number of aryl methyl sites for hydroxylation is 2. The molecule has 0 bridgehead atoms. The molecule has 0 spiro atoms. The third kappa shape index (κ3) is 2.78. The summed E-state index contributed by atoms with van der Waals surface area (Å²) in [6, 6.07) is 8.00. The first-order valence-corrected chi connectivity index (χ1v) is 6.19. The molecule has 6 heteroatoms. The summed E-state index contributed by atoms with van der Waals surface area (Å²) in [4.78, 5) is 12.8. The predicted octanol–water partition coefficient (Wildman–Crippen LogP) is 2.42. The minimum absolute atomic E-state index is 0. The van der Waals surface area contributed by atoms with E-state index in [0.717, 1.165) is 22.8 Å². The SMILES string of the molecule is Cc1cccnc1N1[B]N(c2ncccc2C)C=C1.[Pt]. The smallest absolute Gasteiger partial charge is 0.358 e. The summed E-state index contributed by atoms with van der Waals surface area (Å²) in [5.41, 5.74) is 2.28. The second-order valence-electron chi connectivity index (χ2n) is 4.52. The van der Waals surface area contributed by atoms with Crippen molar-refractivity contribution in [3.63, 3.8) is 0 Å². The van der Waals surface area contributed by atoms with Crippen molar-refractivity contribution in [2.75, 3.05) is 9.62 Å². The van der Waals surface area contributed by atoms with E-state index in [-0.39, 0.29) is 21.1 Å². The van der Waals surface area contributed by atoms with Gasteiger partial charge in [0.05, 0.1) is 0 Å². The summed E-state index contributed by atoms with van der Waals surface area (Å²) >= 11 is 0. The largest absolute Gasteiger partial charge is 0.402 e. The predicted molar refractivity (Wildman–Crippen MR) is 77.8 cm³/mol. The molecular formula is C14H14BN4Pt. The van der Waals surface area contributed by atoms with Gasteiger partial charge in [-0.2, -0.15) is 0 Å². The van der Waals surface area contributed by atoms with Crippen molar-refractivity contribution in [2.45, 2.75) is 13.8 Å². The minimum Gasteiger partial charge on any atom is -0.358 e. The Morgan fingerprint density at radius 3 is 1.70 bits per heavy atom. The average Bonchev–Trinajstić information content (AvgIpc) is 2.89. The molecule has 0 atom stereocenters. The Hall–Kier alpha value is -1.61. The summed E-state index contributed by atoms with van der Waals surface area (Å²) in [6.45, 7) is 4.11. The second-order valence-corrected chi connectivity index (χ2v) is 4.52. The Kier molecular flexibility index (Phi) is 4.61. The van der Waals surface area contributed by atoms with E-state index in [9.17, 15) is 0 Å². The Morgan fingerprint density at radius 2 is 1.30 bits per heavy atom. The van der Waals surface area contributed by atoms with Gasteiger partial charge in [-0.05, 0) is 37.1 Å². The molecule has 1 aliphatic rings. The fourth-order valence-electron chi connectivity index (χ4n) is 2.10. The number of pyridine rings is 2. The molecule has 0 N–H and O–H groups in total. The summed E-state index contributed by atoms with van der Waals surface area (Å²) in [6.07, 6.45) is 7.59. The third-order valence-electron chi connectivity index (χ3n) is 3.09. The average molecular weight is 444 g/mol. The number of aromatic nitrogens is 2. The molecule has 0 fully saturated rings. The molecule has 4 nitrogen and oxygen atoms in total. The molecule has 2 aromatic rings. The van der Waals surface area contributed by atoms with Crippen LogP contribution in [-0.4, -0.2) is 17.5 Å². The van der Waals surface area contributed by atoms with Crippen molar-refractivity contribution in [2.24, 2.45) is 0 Å². The van der Waals surface area contributed by atoms with Crippen molar-refractivity contribution in [1.29, 1.82) is 0 Å². The van der Waals surface area contributed by atoms with E-state index in [2.05, 4.69) is 35.9 Å². The van der Waals surface area contributed by atoms with Crippen LogP contribution in [0.3, 0.4) is 0 Å². The van der Waals surface area contributed by atoms with E-state index in [1.54, 1.807) is 12.4 Å². The molecule has 0 aliphatic carbocycles. The van der Waals surface area contributed by atoms with Gasteiger partial charge in [-0.3, -0.25) is 0 Å². The van der Waals surface area contributed by atoms with E-state index >= 15 is 0 Å². The van der Waals surface area contributed by atoms with Crippen LogP contribution in [-0.2, 0) is 21.1 Å². The molecule has 1 radical (unpaired) electrons. The zero-order valence-corrected chi connectivity index (χ0v) is 13.6. The molecule has 0 saturated heterocycles. The topological polar surface area (TPSA) is 32.3 Å². The first kappa shape index (κ1) is 14.8. The first-order valence-electron chi connectivity index (χ1n) is 6.19. The minimum atomic E-state index is 0. The van der Waals surface area contributed by atoms with E-state index in [1.807, 2.05) is 41.7 Å². The van der Waals surface area contributed by atoms with Gasteiger partial charge < -0.3 is 9.62 Å². The van der Waals surface area contributed by atoms with Crippen LogP contribution in [0.2, 0.25) is 0 Å². The van der Waals surface area contributed by atoms with Crippen LogP contribution in [0, 0.1) is 13.8 Å². The molecule has 20 heavy (non-hydrogen) atoms. The van der Waals surface area contributed by atoms with E-state index < -0.39 is 0 Å². The molecule has 103 valence electrons. The van der Waals surface area contributed by atoms with Gasteiger partial charge in [-0.1, -0.05) is 12.1 Å². The quantitative estimate of drug-likeness (QED) is 0.667. The first-order chi connectivity index (χ1) is 9.25. The Morgan fingerprint density at radius 1 is 0.850 bits per heavy atom. The Labute approximate surface area is 134 Å². The van der Waals surface area contributed by atoms with Gasteiger partial charge in [0.2, 0.25) is 0 Å². The molecular weight excluding hydrogens is 430 g/mol. The summed E-state index contributed by atoms with van der Waals surface area (Å²) in [7, 11) is 1.99. The zero-order valence-electron chi connectivity index (χ0n) is 11.3. The van der Waals surface area contributed by atoms with Crippen LogP contribution in [0.25, 0.3) is 0 Å². The van der Waals surface area contributed by atoms with E-state index in [4.69, 9.17) is 0 Å². The van der Waals surface area contributed by atoms with Crippen molar-refractivity contribution in [3.8, 4) is 0 Å². The van der Waals surface area contributed by atoms with Crippen LogP contribution in [0.15, 0.2) is 49.1 Å². The fourth-order valence-corrected chi connectivity index (χ4v) is 2.10. The molecule has 0 amide bonds. The summed E-state index contributed by atoms with van der Waals surface area (Å²) in [5, 5.41) is 0. The normalized spacial score (nSPS) is 13.1. The standard InChI is InChI=1S/C14H14BN4.Pt/c1-11-5-3-7-16-13(11)18-9-10-19(15-18)14-12(2)6-4-8-17-14;/h3-10H,1-2H3;. The zero-order chi connectivity index (χ0) is 13.2. The van der Waals surface area contributed by atoms with Crippen molar-refractivity contribution >= 4 is 19.2 Å². The van der Waals surface area contributed by atoms with Crippen LogP contribution in [0.1, 0.15) is 11.1 Å². The van der Waals surface area contributed by atoms with Gasteiger partial charge in [0.25, 0.3) is 0 Å². The molecule has 2 aromatic heterocycles. The van der Waals surface area contributed by atoms with E-state index in [1.165, 1.54) is 0 Å². The number of rotatable bonds is 2. The molecule has 1 aliphatic heterocycles. The van der Waals surface area contributed by atoms with Crippen LogP contribution in [0.4, 0.5) is 11.6 Å². The third-order valence-corrected chi connectivity index (χ3v) is 3.09. The molecule has 0 unspecified atom stereocenters. The van der Waals surface area contributed by atoms with Gasteiger partial charge in [-0.25, -0.2) is 9.97 Å². The van der Waals surface area contributed by atoms with Gasteiger partial charge in [0.15, 0.2) is 0 Å². The maximum absolute atomic E-state index is 4.41. The van der Waals surface area contributed by atoms with Gasteiger partial charge in [-0.15, -0.1) is 0 Å². The molecule has 0 aromatic carbocycles. The van der Waals surface area contributed by atoms with Crippen LogP contribution < -0.4 is 9.62 Å². The van der Waals surface area contributed by atoms with Crippen LogP contribution in [0.5, 0.6) is 0 Å². The van der Waals surface area contributed by atoms with E-state index in [0.29, 0.717) is 0 Å². The Balaban J connectivity index is 0.00000147. The van der Waals surface area contributed by atoms with Crippen molar-refractivity contribution in [1.82, 2.24) is 9.97 Å². The number of nitrogens with zero attached hydrogens (tertiary/aromatic N) is 4. The van der Waals surface area contributed by atoms with Gasteiger partial charge in [0, 0.05) is 45.9 Å². The molecule has 3 heterocycles. The summed E-state index contributed by atoms with van der Waals surface area (Å²) in [5.74, 6) is 1.88. The second kappa shape index (κ2) is 6.23. The monoisotopic (exact) mass is 444 g/mol.